The van der Waals surface area contributed by atoms with Crippen molar-refractivity contribution in [1.82, 2.24) is 4.90 Å². The first-order valence-corrected chi connectivity index (χ1v) is 7.34. The maximum absolute atomic E-state index is 12.7. The Morgan fingerprint density at radius 3 is 2.73 bits per heavy atom. The highest BCUT2D eigenvalue weighted by molar-refractivity contribution is 6.00. The third kappa shape index (κ3) is 3.45. The van der Waals surface area contributed by atoms with E-state index in [1.807, 2.05) is 17.0 Å². The Kier molecular flexibility index (Phi) is 5.16. The van der Waals surface area contributed by atoms with Gasteiger partial charge in [0.05, 0.1) is 11.3 Å². The van der Waals surface area contributed by atoms with Crippen LogP contribution in [0.3, 0.4) is 0 Å². The lowest BCUT2D eigenvalue weighted by Gasteiger charge is -2.33. The summed E-state index contributed by atoms with van der Waals surface area (Å²) < 4.78 is 0. The number of hydrogen-bond donors (Lipinski definition) is 1. The van der Waals surface area contributed by atoms with Crippen LogP contribution in [0.1, 0.15) is 36.5 Å². The van der Waals surface area contributed by atoms with E-state index in [1.165, 1.54) is 6.20 Å². The summed E-state index contributed by atoms with van der Waals surface area (Å²) in [6, 6.07) is 11.0. The van der Waals surface area contributed by atoms with Gasteiger partial charge in [-0.2, -0.15) is 10.5 Å². The van der Waals surface area contributed by atoms with Gasteiger partial charge >= 0.3 is 0 Å². The topological polar surface area (TPSA) is 79.9 Å². The van der Waals surface area contributed by atoms with Crippen LogP contribution in [0, 0.1) is 22.7 Å². The van der Waals surface area contributed by atoms with E-state index in [4.69, 9.17) is 10.5 Å². The highest BCUT2D eigenvalue weighted by Gasteiger charge is 2.25. The van der Waals surface area contributed by atoms with Crippen molar-refractivity contribution in [2.24, 2.45) is 0 Å². The third-order valence-corrected chi connectivity index (χ3v) is 3.83. The van der Waals surface area contributed by atoms with E-state index in [0.717, 1.165) is 25.8 Å². The average molecular weight is 294 g/mol. The number of anilines is 1. The molecule has 1 fully saturated rings. The van der Waals surface area contributed by atoms with Gasteiger partial charge in [0.25, 0.3) is 5.91 Å². The zero-order valence-corrected chi connectivity index (χ0v) is 12.5. The van der Waals surface area contributed by atoms with E-state index >= 15 is 0 Å². The van der Waals surface area contributed by atoms with Gasteiger partial charge in [0.1, 0.15) is 17.7 Å². The van der Waals surface area contributed by atoms with E-state index in [-0.39, 0.29) is 17.5 Å². The number of amides is 1. The van der Waals surface area contributed by atoms with Crippen LogP contribution in [0.5, 0.6) is 0 Å². The largest absolute Gasteiger partial charge is 0.359 e. The number of nitrogens with one attached hydrogen (secondary N) is 1. The van der Waals surface area contributed by atoms with Crippen LogP contribution in [0.15, 0.2) is 36.0 Å². The van der Waals surface area contributed by atoms with Crippen molar-refractivity contribution in [2.45, 2.75) is 32.2 Å². The van der Waals surface area contributed by atoms with Crippen molar-refractivity contribution in [3.8, 4) is 12.1 Å². The van der Waals surface area contributed by atoms with E-state index in [1.54, 1.807) is 24.3 Å². The number of likely N-dealkylation sites (tertiary alicyclic amines) is 1. The molecule has 0 bridgehead atoms. The number of nitriles is 2. The highest BCUT2D eigenvalue weighted by Crippen LogP contribution is 2.23. The second kappa shape index (κ2) is 7.28. The number of carbonyl (C=O) groups is 1. The summed E-state index contributed by atoms with van der Waals surface area (Å²) in [6.07, 6.45) is 4.53. The molecule has 22 heavy (non-hydrogen) atoms. The Morgan fingerprint density at radius 2 is 2.05 bits per heavy atom. The minimum absolute atomic E-state index is 0.0147. The SMILES string of the molecule is CC1CCCCN1C(=O)c1ccccc1NC=C(C#N)C#N. The number of carbonyl (C=O) groups excluding carboxylic acids is 1. The summed E-state index contributed by atoms with van der Waals surface area (Å²) >= 11 is 0. The summed E-state index contributed by atoms with van der Waals surface area (Å²) in [6.45, 7) is 2.84. The zero-order valence-electron chi connectivity index (χ0n) is 12.5. The molecule has 0 radical (unpaired) electrons. The molecule has 1 atom stereocenters. The number of rotatable bonds is 3. The fourth-order valence-electron chi connectivity index (χ4n) is 2.59. The first kappa shape index (κ1) is 15.6. The molecule has 0 spiro atoms. The lowest BCUT2D eigenvalue weighted by atomic mass is 10.0. The van der Waals surface area contributed by atoms with E-state index in [0.29, 0.717) is 11.3 Å². The zero-order chi connectivity index (χ0) is 15.9. The van der Waals surface area contributed by atoms with Gasteiger partial charge in [0.2, 0.25) is 0 Å². The van der Waals surface area contributed by atoms with Crippen molar-refractivity contribution in [1.29, 1.82) is 10.5 Å². The lowest BCUT2D eigenvalue weighted by Crippen LogP contribution is -2.42. The second-order valence-corrected chi connectivity index (χ2v) is 5.31. The number of para-hydroxylation sites is 1. The van der Waals surface area contributed by atoms with Crippen LogP contribution in [-0.2, 0) is 0 Å². The van der Waals surface area contributed by atoms with Crippen molar-refractivity contribution >= 4 is 11.6 Å². The molecule has 1 aliphatic heterocycles. The van der Waals surface area contributed by atoms with Crippen LogP contribution in [0.25, 0.3) is 0 Å². The Labute approximate surface area is 130 Å². The molecule has 1 aromatic carbocycles. The third-order valence-electron chi connectivity index (χ3n) is 3.83. The Balaban J connectivity index is 2.25. The second-order valence-electron chi connectivity index (χ2n) is 5.31. The number of allylic oxidation sites excluding steroid dienone is 1. The highest BCUT2D eigenvalue weighted by atomic mass is 16.2. The summed E-state index contributed by atoms with van der Waals surface area (Å²) in [4.78, 5) is 14.6. The predicted octanol–water partition coefficient (Wildman–Crippen LogP) is 3.04. The molecule has 0 aliphatic carbocycles. The van der Waals surface area contributed by atoms with Crippen molar-refractivity contribution in [2.75, 3.05) is 11.9 Å². The summed E-state index contributed by atoms with van der Waals surface area (Å²) in [7, 11) is 0. The summed E-state index contributed by atoms with van der Waals surface area (Å²) in [5.41, 5.74) is 1.13. The van der Waals surface area contributed by atoms with E-state index in [9.17, 15) is 4.79 Å². The van der Waals surface area contributed by atoms with Crippen molar-refractivity contribution in [3.05, 3.63) is 41.6 Å². The number of piperidine rings is 1. The summed E-state index contributed by atoms with van der Waals surface area (Å²) in [5, 5.41) is 20.4. The Morgan fingerprint density at radius 1 is 1.32 bits per heavy atom. The first-order chi connectivity index (χ1) is 10.7. The van der Waals surface area contributed by atoms with Crippen molar-refractivity contribution < 1.29 is 4.79 Å². The first-order valence-electron chi connectivity index (χ1n) is 7.34. The molecular formula is C17H18N4O. The smallest absolute Gasteiger partial charge is 0.256 e. The van der Waals surface area contributed by atoms with E-state index < -0.39 is 0 Å². The van der Waals surface area contributed by atoms with Crippen LogP contribution in [0.4, 0.5) is 5.69 Å². The predicted molar refractivity (Wildman–Crippen MR) is 83.7 cm³/mol. The molecule has 2 rings (SSSR count). The van der Waals surface area contributed by atoms with Gasteiger partial charge in [0.15, 0.2) is 0 Å². The fourth-order valence-corrected chi connectivity index (χ4v) is 2.59. The molecule has 1 aromatic rings. The summed E-state index contributed by atoms with van der Waals surface area (Å²) in [5.74, 6) is -0.0147. The molecule has 112 valence electrons. The Hall–Kier alpha value is -2.79. The van der Waals surface area contributed by atoms with E-state index in [2.05, 4.69) is 12.2 Å². The quantitative estimate of drug-likeness (QED) is 0.869. The van der Waals surface area contributed by atoms with Gasteiger partial charge in [0, 0.05) is 18.8 Å². The minimum Gasteiger partial charge on any atom is -0.359 e. The maximum atomic E-state index is 12.7. The average Bonchev–Trinajstić information content (AvgIpc) is 2.56. The number of nitrogens with zero attached hydrogens (tertiary/aromatic N) is 3. The molecule has 0 saturated carbocycles. The van der Waals surface area contributed by atoms with Crippen LogP contribution in [-0.4, -0.2) is 23.4 Å². The maximum Gasteiger partial charge on any atom is 0.256 e. The van der Waals surface area contributed by atoms with Crippen LogP contribution >= 0.6 is 0 Å². The van der Waals surface area contributed by atoms with Crippen molar-refractivity contribution in [3.63, 3.8) is 0 Å². The molecule has 0 aromatic heterocycles. The monoisotopic (exact) mass is 294 g/mol. The van der Waals surface area contributed by atoms with Gasteiger partial charge in [-0.1, -0.05) is 12.1 Å². The van der Waals surface area contributed by atoms with Crippen LogP contribution in [0.2, 0.25) is 0 Å². The minimum atomic E-state index is -0.0337. The molecule has 1 amide bonds. The number of hydrogen-bond acceptors (Lipinski definition) is 4. The molecule has 5 heteroatoms. The van der Waals surface area contributed by atoms with Gasteiger partial charge in [-0.15, -0.1) is 0 Å². The van der Waals surface area contributed by atoms with Gasteiger partial charge in [-0.05, 0) is 38.3 Å². The number of benzene rings is 1. The molecule has 1 heterocycles. The standard InChI is InChI=1S/C17H18N4O/c1-13-6-4-5-9-21(13)17(22)15-7-2-3-8-16(15)20-12-14(10-18)11-19/h2-3,7-8,12-13,20H,4-6,9H2,1H3. The normalized spacial score (nSPS) is 17.0. The van der Waals surface area contributed by atoms with Gasteiger partial charge in [-0.25, -0.2) is 0 Å². The van der Waals surface area contributed by atoms with Gasteiger partial charge in [-0.3, -0.25) is 4.79 Å². The molecule has 1 N–H and O–H groups in total. The van der Waals surface area contributed by atoms with Gasteiger partial charge < -0.3 is 10.2 Å². The fraction of sp³-hybridized carbons (Fsp3) is 0.353. The molecule has 1 saturated heterocycles. The Bertz CT molecular complexity index is 650. The molecular weight excluding hydrogens is 276 g/mol. The van der Waals surface area contributed by atoms with Crippen LogP contribution < -0.4 is 5.32 Å². The molecule has 1 unspecified atom stereocenters. The molecule has 5 nitrogen and oxygen atoms in total. The lowest BCUT2D eigenvalue weighted by molar-refractivity contribution is 0.0636. The molecule has 1 aliphatic rings.